The smallest absolute Gasteiger partial charge is 0.141 e. The van der Waals surface area contributed by atoms with E-state index in [-0.39, 0.29) is 0 Å². The maximum atomic E-state index is 5.88. The Labute approximate surface area is 127 Å². The van der Waals surface area contributed by atoms with Gasteiger partial charge in [0.15, 0.2) is 0 Å². The molecule has 0 unspecified atom stereocenters. The Hall–Kier alpha value is -1.68. The average Bonchev–Trinajstić information content (AvgIpc) is 2.39. The zero-order valence-corrected chi connectivity index (χ0v) is 13.2. The lowest BCUT2D eigenvalue weighted by Gasteiger charge is -2.11. The normalized spacial score (nSPS) is 10.3. The zero-order chi connectivity index (χ0) is 14.5. The van der Waals surface area contributed by atoms with Crippen LogP contribution in [0.5, 0.6) is 17.2 Å². The predicted molar refractivity (Wildman–Crippen MR) is 85.6 cm³/mol. The number of aryl methyl sites for hydroxylation is 1. The molecule has 0 fully saturated rings. The van der Waals surface area contributed by atoms with E-state index in [1.807, 2.05) is 31.2 Å². The Morgan fingerprint density at radius 1 is 1.10 bits per heavy atom. The molecule has 4 heteroatoms. The number of anilines is 1. The van der Waals surface area contributed by atoms with E-state index in [0.717, 1.165) is 22.4 Å². The van der Waals surface area contributed by atoms with Gasteiger partial charge >= 0.3 is 0 Å². The van der Waals surface area contributed by atoms with E-state index in [4.69, 9.17) is 15.2 Å². The Morgan fingerprint density at radius 3 is 2.55 bits per heavy atom. The highest BCUT2D eigenvalue weighted by molar-refractivity contribution is 9.10. The second-order valence-electron chi connectivity index (χ2n) is 4.62. The van der Waals surface area contributed by atoms with Crippen LogP contribution in [-0.2, 0) is 0 Å². The molecule has 106 valence electrons. The first-order valence-electron chi connectivity index (χ1n) is 6.56. The maximum absolute atomic E-state index is 5.88. The van der Waals surface area contributed by atoms with Crippen LogP contribution >= 0.6 is 15.9 Å². The standard InChI is InChI=1S/C16H18BrNO2/c1-3-6-19-13-8-12(18)9-14(10-13)20-16-5-4-11(2)7-15(16)17/h4-5,7-10H,3,6,18H2,1-2H3. The molecule has 2 aromatic rings. The van der Waals surface area contributed by atoms with Gasteiger partial charge in [-0.2, -0.15) is 0 Å². The summed E-state index contributed by atoms with van der Waals surface area (Å²) < 4.78 is 12.4. The Bertz CT molecular complexity index is 599. The van der Waals surface area contributed by atoms with Gasteiger partial charge in [-0.05, 0) is 47.0 Å². The van der Waals surface area contributed by atoms with Crippen molar-refractivity contribution in [3.8, 4) is 17.2 Å². The van der Waals surface area contributed by atoms with Crippen LogP contribution < -0.4 is 15.2 Å². The van der Waals surface area contributed by atoms with Crippen molar-refractivity contribution in [2.75, 3.05) is 12.3 Å². The van der Waals surface area contributed by atoms with Gasteiger partial charge in [0, 0.05) is 23.9 Å². The summed E-state index contributed by atoms with van der Waals surface area (Å²) in [6.45, 7) is 4.76. The largest absolute Gasteiger partial charge is 0.493 e. The van der Waals surface area contributed by atoms with E-state index in [0.29, 0.717) is 18.0 Å². The minimum atomic E-state index is 0.622. The number of halogens is 1. The van der Waals surface area contributed by atoms with Crippen LogP contribution in [0.25, 0.3) is 0 Å². The van der Waals surface area contributed by atoms with E-state index >= 15 is 0 Å². The maximum Gasteiger partial charge on any atom is 0.141 e. The molecule has 0 bridgehead atoms. The second-order valence-corrected chi connectivity index (χ2v) is 5.48. The van der Waals surface area contributed by atoms with E-state index in [9.17, 15) is 0 Å². The van der Waals surface area contributed by atoms with Crippen molar-refractivity contribution in [1.29, 1.82) is 0 Å². The summed E-state index contributed by atoms with van der Waals surface area (Å²) in [5, 5.41) is 0. The fourth-order valence-corrected chi connectivity index (χ4v) is 2.35. The summed E-state index contributed by atoms with van der Waals surface area (Å²) in [6.07, 6.45) is 0.953. The first kappa shape index (κ1) is 14.7. The van der Waals surface area contributed by atoms with Gasteiger partial charge in [-0.3, -0.25) is 0 Å². The molecular formula is C16H18BrNO2. The molecule has 0 spiro atoms. The van der Waals surface area contributed by atoms with Crippen molar-refractivity contribution < 1.29 is 9.47 Å². The molecule has 0 atom stereocenters. The lowest BCUT2D eigenvalue weighted by Crippen LogP contribution is -1.97. The van der Waals surface area contributed by atoms with Gasteiger partial charge in [-0.15, -0.1) is 0 Å². The van der Waals surface area contributed by atoms with Crippen LogP contribution in [0.1, 0.15) is 18.9 Å². The number of nitrogen functional groups attached to an aromatic ring is 1. The topological polar surface area (TPSA) is 44.5 Å². The van der Waals surface area contributed by atoms with Gasteiger partial charge < -0.3 is 15.2 Å². The highest BCUT2D eigenvalue weighted by Gasteiger charge is 2.06. The molecule has 0 aromatic heterocycles. The Kier molecular flexibility index (Phi) is 4.90. The van der Waals surface area contributed by atoms with E-state index in [1.54, 1.807) is 12.1 Å². The summed E-state index contributed by atoms with van der Waals surface area (Å²) in [6, 6.07) is 11.4. The molecule has 0 aliphatic carbocycles. The van der Waals surface area contributed by atoms with Gasteiger partial charge in [-0.25, -0.2) is 0 Å². The summed E-state index contributed by atoms with van der Waals surface area (Å²) in [7, 11) is 0. The number of hydrogen-bond acceptors (Lipinski definition) is 3. The molecule has 2 rings (SSSR count). The first-order chi connectivity index (χ1) is 9.58. The number of nitrogens with two attached hydrogens (primary N) is 1. The van der Waals surface area contributed by atoms with Crippen molar-refractivity contribution in [3.63, 3.8) is 0 Å². The molecule has 0 radical (unpaired) electrons. The SMILES string of the molecule is CCCOc1cc(N)cc(Oc2ccc(C)cc2Br)c1. The van der Waals surface area contributed by atoms with Gasteiger partial charge in [0.1, 0.15) is 17.2 Å². The molecule has 3 nitrogen and oxygen atoms in total. The zero-order valence-electron chi connectivity index (χ0n) is 11.7. The lowest BCUT2D eigenvalue weighted by atomic mass is 10.2. The van der Waals surface area contributed by atoms with E-state index < -0.39 is 0 Å². The van der Waals surface area contributed by atoms with Crippen LogP contribution in [0.3, 0.4) is 0 Å². The average molecular weight is 336 g/mol. The number of benzene rings is 2. The molecule has 0 aliphatic rings. The van der Waals surface area contributed by atoms with Gasteiger partial charge in [-0.1, -0.05) is 13.0 Å². The molecule has 0 aliphatic heterocycles. The summed E-state index contributed by atoms with van der Waals surface area (Å²) >= 11 is 3.50. The highest BCUT2D eigenvalue weighted by Crippen LogP contribution is 2.33. The quantitative estimate of drug-likeness (QED) is 0.788. The van der Waals surface area contributed by atoms with Crippen LogP contribution in [0, 0.1) is 6.92 Å². The number of ether oxygens (including phenoxy) is 2. The first-order valence-corrected chi connectivity index (χ1v) is 7.35. The van der Waals surface area contributed by atoms with Gasteiger partial charge in [0.05, 0.1) is 11.1 Å². The third-order valence-corrected chi connectivity index (χ3v) is 3.31. The molecule has 0 amide bonds. The fourth-order valence-electron chi connectivity index (χ4n) is 1.77. The molecule has 0 heterocycles. The van der Waals surface area contributed by atoms with Crippen LogP contribution in [-0.4, -0.2) is 6.61 Å². The van der Waals surface area contributed by atoms with Crippen molar-refractivity contribution in [2.45, 2.75) is 20.3 Å². The summed E-state index contributed by atoms with van der Waals surface area (Å²) in [5.74, 6) is 2.15. The fraction of sp³-hybridized carbons (Fsp3) is 0.250. The Balaban J connectivity index is 2.21. The second kappa shape index (κ2) is 6.66. The van der Waals surface area contributed by atoms with Crippen molar-refractivity contribution >= 4 is 21.6 Å². The number of hydrogen-bond donors (Lipinski definition) is 1. The minimum absolute atomic E-state index is 0.622. The molecule has 2 N–H and O–H groups in total. The molecule has 0 saturated heterocycles. The third kappa shape index (κ3) is 3.90. The Morgan fingerprint density at radius 2 is 1.85 bits per heavy atom. The molecule has 2 aromatic carbocycles. The minimum Gasteiger partial charge on any atom is -0.493 e. The molecular weight excluding hydrogens is 318 g/mol. The monoisotopic (exact) mass is 335 g/mol. The molecule has 20 heavy (non-hydrogen) atoms. The van der Waals surface area contributed by atoms with E-state index in [1.165, 1.54) is 5.56 Å². The number of rotatable bonds is 5. The molecule has 0 saturated carbocycles. The van der Waals surface area contributed by atoms with Crippen molar-refractivity contribution in [3.05, 3.63) is 46.4 Å². The highest BCUT2D eigenvalue weighted by atomic mass is 79.9. The van der Waals surface area contributed by atoms with Crippen LogP contribution in [0.15, 0.2) is 40.9 Å². The third-order valence-electron chi connectivity index (χ3n) is 2.69. The lowest BCUT2D eigenvalue weighted by molar-refractivity contribution is 0.316. The van der Waals surface area contributed by atoms with Crippen LogP contribution in [0.4, 0.5) is 5.69 Å². The van der Waals surface area contributed by atoms with Crippen LogP contribution in [0.2, 0.25) is 0 Å². The van der Waals surface area contributed by atoms with Gasteiger partial charge in [0.25, 0.3) is 0 Å². The predicted octanol–water partition coefficient (Wildman–Crippen LogP) is 4.92. The van der Waals surface area contributed by atoms with Crippen molar-refractivity contribution in [1.82, 2.24) is 0 Å². The van der Waals surface area contributed by atoms with E-state index in [2.05, 4.69) is 22.9 Å². The summed E-state index contributed by atoms with van der Waals surface area (Å²) in [5.41, 5.74) is 7.67. The van der Waals surface area contributed by atoms with Crippen molar-refractivity contribution in [2.24, 2.45) is 0 Å². The summed E-state index contributed by atoms with van der Waals surface area (Å²) in [4.78, 5) is 0. The van der Waals surface area contributed by atoms with Gasteiger partial charge in [0.2, 0.25) is 0 Å².